The molecular formula is C15H24O3. The Morgan fingerprint density at radius 2 is 1.94 bits per heavy atom. The standard InChI is InChI=1S/C15H24O3/c1-7-18-14(17)13(16)12(15(4,5)6)10-8-9-11(2)3/h10-11,13,16H,7H2,1-6H3/b12-10-. The number of esters is 1. The van der Waals surface area contributed by atoms with Crippen molar-refractivity contribution in [2.45, 2.75) is 47.6 Å². The first-order valence-corrected chi connectivity index (χ1v) is 6.26. The van der Waals surface area contributed by atoms with Crippen LogP contribution in [0.1, 0.15) is 41.5 Å². The first-order chi connectivity index (χ1) is 8.20. The minimum Gasteiger partial charge on any atom is -0.464 e. The van der Waals surface area contributed by atoms with Crippen molar-refractivity contribution < 1.29 is 14.6 Å². The molecule has 0 rings (SSSR count). The zero-order chi connectivity index (χ0) is 14.3. The van der Waals surface area contributed by atoms with Crippen LogP contribution in [0.5, 0.6) is 0 Å². The van der Waals surface area contributed by atoms with E-state index < -0.39 is 12.1 Å². The fourth-order valence-corrected chi connectivity index (χ4v) is 1.34. The molecule has 0 saturated heterocycles. The van der Waals surface area contributed by atoms with E-state index in [1.165, 1.54) is 0 Å². The highest BCUT2D eigenvalue weighted by Gasteiger charge is 2.29. The van der Waals surface area contributed by atoms with E-state index in [4.69, 9.17) is 4.74 Å². The van der Waals surface area contributed by atoms with Gasteiger partial charge in [-0.3, -0.25) is 0 Å². The molecule has 0 aliphatic heterocycles. The third-order valence-corrected chi connectivity index (χ3v) is 2.27. The number of hydrogen-bond acceptors (Lipinski definition) is 3. The highest BCUT2D eigenvalue weighted by molar-refractivity contribution is 5.78. The molecule has 3 heteroatoms. The second-order valence-electron chi connectivity index (χ2n) is 5.45. The molecule has 0 saturated carbocycles. The molecule has 0 aromatic heterocycles. The maximum absolute atomic E-state index is 11.6. The second-order valence-corrected chi connectivity index (χ2v) is 5.45. The number of aliphatic hydroxyl groups is 1. The Labute approximate surface area is 110 Å². The number of carbonyl (C=O) groups excluding carboxylic acids is 1. The summed E-state index contributed by atoms with van der Waals surface area (Å²) in [5, 5.41) is 10.00. The molecule has 0 aliphatic carbocycles. The van der Waals surface area contributed by atoms with Crippen molar-refractivity contribution in [3.05, 3.63) is 11.6 Å². The summed E-state index contributed by atoms with van der Waals surface area (Å²) in [6.45, 7) is 11.7. The average Bonchev–Trinajstić information content (AvgIpc) is 2.21. The van der Waals surface area contributed by atoms with Crippen LogP contribution in [0.25, 0.3) is 0 Å². The van der Waals surface area contributed by atoms with Crippen LogP contribution in [0.4, 0.5) is 0 Å². The van der Waals surface area contributed by atoms with Gasteiger partial charge in [0.15, 0.2) is 6.10 Å². The van der Waals surface area contributed by atoms with Gasteiger partial charge in [-0.05, 0) is 24.0 Å². The monoisotopic (exact) mass is 252 g/mol. The Kier molecular flexibility index (Phi) is 6.72. The Balaban J connectivity index is 5.16. The topological polar surface area (TPSA) is 46.5 Å². The molecule has 0 aromatic carbocycles. The fraction of sp³-hybridized carbons (Fsp3) is 0.667. The van der Waals surface area contributed by atoms with Gasteiger partial charge in [0, 0.05) is 5.92 Å². The highest BCUT2D eigenvalue weighted by atomic mass is 16.5. The molecule has 0 fully saturated rings. The molecule has 0 heterocycles. The molecule has 18 heavy (non-hydrogen) atoms. The Morgan fingerprint density at radius 3 is 2.33 bits per heavy atom. The second kappa shape index (κ2) is 7.23. The normalized spacial score (nSPS) is 13.9. The smallest absolute Gasteiger partial charge is 0.339 e. The van der Waals surface area contributed by atoms with Crippen molar-refractivity contribution in [1.82, 2.24) is 0 Å². The van der Waals surface area contributed by atoms with Gasteiger partial charge in [-0.2, -0.15) is 0 Å². The lowest BCUT2D eigenvalue weighted by Crippen LogP contribution is -2.31. The van der Waals surface area contributed by atoms with E-state index in [9.17, 15) is 9.90 Å². The molecule has 0 aliphatic rings. The van der Waals surface area contributed by atoms with Gasteiger partial charge in [-0.25, -0.2) is 4.79 Å². The van der Waals surface area contributed by atoms with Gasteiger partial charge >= 0.3 is 5.97 Å². The maximum Gasteiger partial charge on any atom is 0.339 e. The van der Waals surface area contributed by atoms with Gasteiger partial charge in [0.2, 0.25) is 0 Å². The quantitative estimate of drug-likeness (QED) is 0.620. The molecule has 0 aromatic rings. The summed E-state index contributed by atoms with van der Waals surface area (Å²) in [4.78, 5) is 11.6. The van der Waals surface area contributed by atoms with E-state index in [2.05, 4.69) is 11.8 Å². The molecule has 1 atom stereocenters. The maximum atomic E-state index is 11.6. The predicted molar refractivity (Wildman–Crippen MR) is 72.8 cm³/mol. The van der Waals surface area contributed by atoms with Crippen molar-refractivity contribution >= 4 is 5.97 Å². The van der Waals surface area contributed by atoms with Crippen LogP contribution in [-0.4, -0.2) is 23.8 Å². The number of hydrogen-bond donors (Lipinski definition) is 1. The summed E-state index contributed by atoms with van der Waals surface area (Å²) < 4.78 is 4.83. The first-order valence-electron chi connectivity index (χ1n) is 6.26. The summed E-state index contributed by atoms with van der Waals surface area (Å²) in [7, 11) is 0. The van der Waals surface area contributed by atoms with Crippen LogP contribution in [-0.2, 0) is 9.53 Å². The van der Waals surface area contributed by atoms with E-state index in [0.717, 1.165) is 0 Å². The van der Waals surface area contributed by atoms with Crippen molar-refractivity contribution in [2.24, 2.45) is 11.3 Å². The molecule has 0 amide bonds. The summed E-state index contributed by atoms with van der Waals surface area (Å²) >= 11 is 0. The number of ether oxygens (including phenoxy) is 1. The van der Waals surface area contributed by atoms with Crippen LogP contribution in [0.2, 0.25) is 0 Å². The van der Waals surface area contributed by atoms with Crippen molar-refractivity contribution in [1.29, 1.82) is 0 Å². The van der Waals surface area contributed by atoms with E-state index in [0.29, 0.717) is 5.57 Å². The molecule has 1 N–H and O–H groups in total. The van der Waals surface area contributed by atoms with E-state index in [-0.39, 0.29) is 17.9 Å². The molecule has 3 nitrogen and oxygen atoms in total. The Hall–Kier alpha value is -1.27. The van der Waals surface area contributed by atoms with Gasteiger partial charge < -0.3 is 9.84 Å². The van der Waals surface area contributed by atoms with Gasteiger partial charge in [0.1, 0.15) is 0 Å². The fourth-order valence-electron chi connectivity index (χ4n) is 1.34. The summed E-state index contributed by atoms with van der Waals surface area (Å²) in [5.74, 6) is 5.51. The third-order valence-electron chi connectivity index (χ3n) is 2.27. The minimum atomic E-state index is -1.24. The zero-order valence-electron chi connectivity index (χ0n) is 12.2. The van der Waals surface area contributed by atoms with Crippen LogP contribution < -0.4 is 0 Å². The van der Waals surface area contributed by atoms with Gasteiger partial charge in [0.05, 0.1) is 6.61 Å². The van der Waals surface area contributed by atoms with Crippen LogP contribution >= 0.6 is 0 Å². The molecule has 0 spiro atoms. The molecule has 0 bridgehead atoms. The zero-order valence-corrected chi connectivity index (χ0v) is 12.2. The SMILES string of the molecule is CCOC(=O)C(O)/C(=C/C#CC(C)C)C(C)(C)C. The largest absolute Gasteiger partial charge is 0.464 e. The lowest BCUT2D eigenvalue weighted by atomic mass is 9.82. The lowest BCUT2D eigenvalue weighted by Gasteiger charge is -2.25. The van der Waals surface area contributed by atoms with Gasteiger partial charge in [-0.15, -0.1) is 0 Å². The number of rotatable bonds is 3. The molecular weight excluding hydrogens is 228 g/mol. The van der Waals surface area contributed by atoms with Crippen molar-refractivity contribution in [2.75, 3.05) is 6.61 Å². The van der Waals surface area contributed by atoms with E-state index in [1.54, 1.807) is 13.0 Å². The van der Waals surface area contributed by atoms with Gasteiger partial charge in [0.25, 0.3) is 0 Å². The van der Waals surface area contributed by atoms with Crippen LogP contribution in [0, 0.1) is 23.2 Å². The Morgan fingerprint density at radius 1 is 1.39 bits per heavy atom. The average molecular weight is 252 g/mol. The first kappa shape index (κ1) is 16.7. The minimum absolute atomic E-state index is 0.252. The van der Waals surface area contributed by atoms with Crippen LogP contribution in [0.15, 0.2) is 11.6 Å². The van der Waals surface area contributed by atoms with Crippen molar-refractivity contribution in [3.63, 3.8) is 0 Å². The number of allylic oxidation sites excluding steroid dienone is 1. The third kappa shape index (κ3) is 5.88. The number of carbonyl (C=O) groups is 1. The summed E-state index contributed by atoms with van der Waals surface area (Å²) in [6.07, 6.45) is 0.383. The Bertz CT molecular complexity index is 361. The molecule has 0 radical (unpaired) electrons. The highest BCUT2D eigenvalue weighted by Crippen LogP contribution is 2.28. The molecule has 102 valence electrons. The lowest BCUT2D eigenvalue weighted by molar-refractivity contribution is -0.151. The number of aliphatic hydroxyl groups excluding tert-OH is 1. The van der Waals surface area contributed by atoms with Crippen molar-refractivity contribution in [3.8, 4) is 11.8 Å². The van der Waals surface area contributed by atoms with Crippen LogP contribution in [0.3, 0.4) is 0 Å². The van der Waals surface area contributed by atoms with E-state index >= 15 is 0 Å². The van der Waals surface area contributed by atoms with Gasteiger partial charge in [-0.1, -0.05) is 46.5 Å². The summed E-state index contributed by atoms with van der Waals surface area (Å²) in [6, 6.07) is 0. The summed E-state index contributed by atoms with van der Waals surface area (Å²) in [5.41, 5.74) is 0.242. The van der Waals surface area contributed by atoms with E-state index in [1.807, 2.05) is 34.6 Å². The predicted octanol–water partition coefficient (Wildman–Crippen LogP) is 2.54. The molecule has 1 unspecified atom stereocenters.